The Bertz CT molecular complexity index is 1140. The Kier molecular flexibility index (Phi) is 11.5. The van der Waals surface area contributed by atoms with Crippen LogP contribution < -0.4 is 14.8 Å². The van der Waals surface area contributed by atoms with Crippen LogP contribution in [0.1, 0.15) is 62.1 Å². The van der Waals surface area contributed by atoms with Gasteiger partial charge in [-0.2, -0.15) is 0 Å². The van der Waals surface area contributed by atoms with Gasteiger partial charge in [-0.05, 0) is 83.8 Å². The van der Waals surface area contributed by atoms with Crippen molar-refractivity contribution in [3.05, 3.63) is 95.6 Å². The molecule has 1 saturated carbocycles. The molecule has 1 fully saturated rings. The third-order valence-electron chi connectivity index (χ3n) is 7.39. The first-order valence-corrected chi connectivity index (χ1v) is 14.3. The van der Waals surface area contributed by atoms with Crippen molar-refractivity contribution < 1.29 is 19.3 Å². The quantitative estimate of drug-likeness (QED) is 0.175. The van der Waals surface area contributed by atoms with Crippen LogP contribution in [0, 0.1) is 5.92 Å². The average Bonchev–Trinajstić information content (AvgIpc) is 2.99. The van der Waals surface area contributed by atoms with Crippen molar-refractivity contribution in [2.45, 2.75) is 51.6 Å². The van der Waals surface area contributed by atoms with Crippen LogP contribution in [-0.2, 0) is 4.74 Å². The summed E-state index contributed by atoms with van der Waals surface area (Å²) in [6, 6.07) is 26.9. The Morgan fingerprint density at radius 2 is 1.44 bits per heavy atom. The molecule has 0 bridgehead atoms. The van der Waals surface area contributed by atoms with E-state index >= 15 is 0 Å². The van der Waals surface area contributed by atoms with Crippen LogP contribution in [-0.4, -0.2) is 44.8 Å². The highest BCUT2D eigenvalue weighted by atomic mass is 16.7. The number of rotatable bonds is 14. The Labute approximate surface area is 233 Å². The lowest BCUT2D eigenvalue weighted by atomic mass is 9.88. The van der Waals surface area contributed by atoms with E-state index in [0.717, 1.165) is 41.5 Å². The first kappa shape index (κ1) is 28.9. The molecule has 0 aromatic heterocycles. The van der Waals surface area contributed by atoms with E-state index in [4.69, 9.17) is 14.2 Å². The van der Waals surface area contributed by atoms with E-state index in [0.29, 0.717) is 6.54 Å². The summed E-state index contributed by atoms with van der Waals surface area (Å²) in [5, 5.41) is 13.9. The van der Waals surface area contributed by atoms with E-state index in [9.17, 15) is 5.11 Å². The van der Waals surface area contributed by atoms with Crippen molar-refractivity contribution in [3.8, 4) is 11.5 Å². The van der Waals surface area contributed by atoms with Crippen LogP contribution in [0.2, 0.25) is 0 Å². The Morgan fingerprint density at radius 1 is 0.821 bits per heavy atom. The van der Waals surface area contributed by atoms with Gasteiger partial charge in [0, 0.05) is 13.7 Å². The van der Waals surface area contributed by atoms with Crippen LogP contribution in [0.4, 0.5) is 0 Å². The van der Waals surface area contributed by atoms with Gasteiger partial charge in [0.1, 0.15) is 24.2 Å². The zero-order valence-corrected chi connectivity index (χ0v) is 23.4. The summed E-state index contributed by atoms with van der Waals surface area (Å²) in [6.07, 6.45) is 7.00. The first-order chi connectivity index (χ1) is 19.2. The fraction of sp³-hybridized carbons (Fsp3) is 0.412. The maximum absolute atomic E-state index is 10.4. The monoisotopic (exact) mass is 529 g/mol. The summed E-state index contributed by atoms with van der Waals surface area (Å²) in [6.45, 7) is 4.23. The smallest absolute Gasteiger partial charge is 0.188 e. The lowest BCUT2D eigenvalue weighted by Crippen LogP contribution is -2.34. The van der Waals surface area contributed by atoms with E-state index in [1.165, 1.54) is 48.8 Å². The van der Waals surface area contributed by atoms with Gasteiger partial charge in [0.25, 0.3) is 0 Å². The number of aliphatic hydroxyl groups excluding tert-OH is 1. The number of hydrogen-bond acceptors (Lipinski definition) is 5. The number of benzene rings is 3. The minimum Gasteiger partial charge on any atom is -0.491 e. The molecule has 0 saturated heterocycles. The van der Waals surface area contributed by atoms with Gasteiger partial charge in [-0.1, -0.05) is 80.8 Å². The van der Waals surface area contributed by atoms with Crippen molar-refractivity contribution in [1.29, 1.82) is 0 Å². The second-order valence-corrected chi connectivity index (χ2v) is 10.3. The number of methoxy groups -OCH3 is 1. The molecule has 1 atom stereocenters. The van der Waals surface area contributed by atoms with Crippen molar-refractivity contribution >= 4 is 11.1 Å². The highest BCUT2D eigenvalue weighted by Gasteiger charge is 2.15. The number of hydrogen-bond donors (Lipinski definition) is 2. The number of aliphatic hydroxyl groups is 1. The molecular weight excluding hydrogens is 486 g/mol. The van der Waals surface area contributed by atoms with E-state index in [1.54, 1.807) is 7.11 Å². The van der Waals surface area contributed by atoms with E-state index in [-0.39, 0.29) is 13.4 Å². The summed E-state index contributed by atoms with van der Waals surface area (Å²) < 4.78 is 16.6. The van der Waals surface area contributed by atoms with Crippen molar-refractivity contribution in [1.82, 2.24) is 5.32 Å². The molecule has 0 aliphatic heterocycles. The minimum atomic E-state index is -0.535. The zero-order chi connectivity index (χ0) is 27.3. The zero-order valence-electron chi connectivity index (χ0n) is 23.4. The van der Waals surface area contributed by atoms with Gasteiger partial charge in [0.2, 0.25) is 0 Å². The molecule has 3 aromatic carbocycles. The van der Waals surface area contributed by atoms with Gasteiger partial charge in [-0.15, -0.1) is 0 Å². The molecule has 1 unspecified atom stereocenters. The molecule has 0 amide bonds. The van der Waals surface area contributed by atoms with Crippen LogP contribution in [0.15, 0.2) is 78.9 Å². The molecule has 0 heterocycles. The molecular formula is C34H43NO4. The first-order valence-electron chi connectivity index (χ1n) is 14.3. The lowest BCUT2D eigenvalue weighted by molar-refractivity contribution is 0.0511. The molecule has 208 valence electrons. The fourth-order valence-electron chi connectivity index (χ4n) is 5.34. The highest BCUT2D eigenvalue weighted by molar-refractivity contribution is 5.98. The summed E-state index contributed by atoms with van der Waals surface area (Å²) in [7, 11) is 1.62. The van der Waals surface area contributed by atoms with Crippen LogP contribution in [0.25, 0.3) is 11.1 Å². The standard InChI is InChI=1S/C34H43NO4/c1-3-33(27-12-8-5-9-13-27)34(29-16-20-32(21-17-29)39-25-37-2)28-14-18-31(19-15-28)38-24-30(36)23-35-22-26-10-6-4-7-11-26/h5,8-9,12-21,26,30,35-36H,3-4,6-7,10-11,22-25H2,1-2H3. The normalized spacial score (nSPS) is 15.5. The largest absolute Gasteiger partial charge is 0.491 e. The summed E-state index contributed by atoms with van der Waals surface area (Å²) >= 11 is 0. The topological polar surface area (TPSA) is 60.0 Å². The third-order valence-corrected chi connectivity index (χ3v) is 7.39. The fourth-order valence-corrected chi connectivity index (χ4v) is 5.34. The van der Waals surface area contributed by atoms with E-state index in [1.807, 2.05) is 30.3 Å². The summed E-state index contributed by atoms with van der Waals surface area (Å²) in [4.78, 5) is 0. The molecule has 3 aromatic rings. The Balaban J connectivity index is 1.45. The van der Waals surface area contributed by atoms with Crippen LogP contribution in [0.5, 0.6) is 11.5 Å². The molecule has 0 spiro atoms. The molecule has 0 radical (unpaired) electrons. The Morgan fingerprint density at radius 3 is 2.03 bits per heavy atom. The minimum absolute atomic E-state index is 0.221. The molecule has 5 heteroatoms. The predicted octanol–water partition coefficient (Wildman–Crippen LogP) is 6.95. The number of allylic oxidation sites excluding steroid dienone is 1. The molecule has 39 heavy (non-hydrogen) atoms. The maximum atomic E-state index is 10.4. The van der Waals surface area contributed by atoms with Crippen molar-refractivity contribution in [2.75, 3.05) is 33.6 Å². The second-order valence-electron chi connectivity index (χ2n) is 10.3. The van der Waals surface area contributed by atoms with Gasteiger partial charge in [0.15, 0.2) is 6.79 Å². The van der Waals surface area contributed by atoms with E-state index < -0.39 is 6.10 Å². The summed E-state index contributed by atoms with van der Waals surface area (Å²) in [5.41, 5.74) is 5.89. The molecule has 5 nitrogen and oxygen atoms in total. The highest BCUT2D eigenvalue weighted by Crippen LogP contribution is 2.35. The van der Waals surface area contributed by atoms with Gasteiger partial charge in [0.05, 0.1) is 0 Å². The molecule has 1 aliphatic rings. The van der Waals surface area contributed by atoms with E-state index in [2.05, 4.69) is 60.8 Å². The predicted molar refractivity (Wildman–Crippen MR) is 159 cm³/mol. The van der Waals surface area contributed by atoms with Gasteiger partial charge < -0.3 is 24.6 Å². The van der Waals surface area contributed by atoms with Gasteiger partial charge >= 0.3 is 0 Å². The van der Waals surface area contributed by atoms with Crippen molar-refractivity contribution in [2.24, 2.45) is 5.92 Å². The second kappa shape index (κ2) is 15.5. The number of ether oxygens (including phenoxy) is 3. The van der Waals surface area contributed by atoms with Crippen LogP contribution >= 0.6 is 0 Å². The van der Waals surface area contributed by atoms with Gasteiger partial charge in [-0.3, -0.25) is 0 Å². The Hall–Kier alpha value is -3.12. The summed E-state index contributed by atoms with van der Waals surface area (Å²) in [5.74, 6) is 2.28. The lowest BCUT2D eigenvalue weighted by Gasteiger charge is -2.22. The number of nitrogens with one attached hydrogen (secondary N) is 1. The molecule has 2 N–H and O–H groups in total. The average molecular weight is 530 g/mol. The SMILES string of the molecule is CCC(=C(c1ccc(OCOC)cc1)c1ccc(OCC(O)CNCC2CCCCC2)cc1)c1ccccc1. The maximum Gasteiger partial charge on any atom is 0.188 e. The van der Waals surface area contributed by atoms with Crippen LogP contribution in [0.3, 0.4) is 0 Å². The molecule has 1 aliphatic carbocycles. The van der Waals surface area contributed by atoms with Gasteiger partial charge in [-0.25, -0.2) is 0 Å². The van der Waals surface area contributed by atoms with Crippen molar-refractivity contribution in [3.63, 3.8) is 0 Å². The third kappa shape index (κ3) is 8.69. The molecule has 4 rings (SSSR count).